The van der Waals surface area contributed by atoms with Crippen LogP contribution in [0.4, 0.5) is 0 Å². The Kier molecular flexibility index (Phi) is 3.97. The fraction of sp³-hybridized carbons (Fsp3) is 0.400. The molecule has 0 bridgehead atoms. The van der Waals surface area contributed by atoms with Gasteiger partial charge in [-0.05, 0) is 36.1 Å². The fourth-order valence-electron chi connectivity index (χ4n) is 2.71. The summed E-state index contributed by atoms with van der Waals surface area (Å²) in [5.41, 5.74) is -0.254. The molecule has 0 radical (unpaired) electrons. The summed E-state index contributed by atoms with van der Waals surface area (Å²) in [6.07, 6.45) is 3.79. The lowest BCUT2D eigenvalue weighted by atomic mass is 9.93. The lowest BCUT2D eigenvalue weighted by Crippen LogP contribution is -2.22. The molecule has 2 fully saturated rings. The zero-order chi connectivity index (χ0) is 15.0. The van der Waals surface area contributed by atoms with E-state index in [9.17, 15) is 9.90 Å². The molecule has 1 aliphatic carbocycles. The predicted molar refractivity (Wildman–Crippen MR) is 78.7 cm³/mol. The van der Waals surface area contributed by atoms with Crippen molar-refractivity contribution < 1.29 is 19.4 Å². The van der Waals surface area contributed by atoms with Crippen molar-refractivity contribution >= 4 is 29.2 Å². The van der Waals surface area contributed by atoms with Crippen molar-refractivity contribution in [3.63, 3.8) is 0 Å². The van der Waals surface area contributed by atoms with Gasteiger partial charge in [-0.25, -0.2) is 0 Å². The number of allylic oxidation sites excluding steroid dienone is 1. The summed E-state index contributed by atoms with van der Waals surface area (Å²) in [5.74, 6) is -0.955. The van der Waals surface area contributed by atoms with Gasteiger partial charge in [-0.3, -0.25) is 4.79 Å². The standard InChI is InChI=1S/C15H14Cl2O4/c16-11-3-1-9(7-12(11)17)15(14(18)19)8-10(15)2-4-13-20-5-6-21-13/h1-4,7,10,13H,5-6,8H2,(H,18,19)/t10-,15-/m1/s1. The molecule has 112 valence electrons. The highest BCUT2D eigenvalue weighted by molar-refractivity contribution is 6.42. The lowest BCUT2D eigenvalue weighted by molar-refractivity contribution is -0.140. The normalized spacial score (nSPS) is 29.1. The first-order chi connectivity index (χ1) is 10.0. The van der Waals surface area contributed by atoms with E-state index in [1.54, 1.807) is 24.3 Å². The van der Waals surface area contributed by atoms with Crippen LogP contribution in [0.1, 0.15) is 12.0 Å². The van der Waals surface area contributed by atoms with Gasteiger partial charge in [0.15, 0.2) is 6.29 Å². The Labute approximate surface area is 132 Å². The predicted octanol–water partition coefficient (Wildman–Crippen LogP) is 3.26. The minimum absolute atomic E-state index is 0.0972. The number of rotatable bonds is 4. The maximum atomic E-state index is 11.7. The highest BCUT2D eigenvalue weighted by atomic mass is 35.5. The Hall–Kier alpha value is -1.07. The number of hydrogen-bond donors (Lipinski definition) is 1. The average molecular weight is 329 g/mol. The van der Waals surface area contributed by atoms with Gasteiger partial charge in [-0.15, -0.1) is 0 Å². The number of carboxylic acids is 1. The Bertz CT molecular complexity index is 595. The van der Waals surface area contributed by atoms with Crippen molar-refractivity contribution in [2.45, 2.75) is 18.1 Å². The van der Waals surface area contributed by atoms with Crippen LogP contribution in [0.15, 0.2) is 30.4 Å². The number of carboxylic acid groups (broad SMARTS) is 1. The summed E-state index contributed by atoms with van der Waals surface area (Å²) in [6, 6.07) is 4.99. The van der Waals surface area contributed by atoms with Crippen LogP contribution in [0.5, 0.6) is 0 Å². The molecule has 1 saturated carbocycles. The lowest BCUT2D eigenvalue weighted by Gasteiger charge is -2.13. The van der Waals surface area contributed by atoms with Gasteiger partial charge in [-0.2, -0.15) is 0 Å². The minimum Gasteiger partial charge on any atom is -0.481 e. The molecular formula is C15H14Cl2O4. The number of ether oxygens (including phenoxy) is 2. The third kappa shape index (κ3) is 2.69. The second-order valence-corrected chi connectivity index (χ2v) is 6.03. The maximum Gasteiger partial charge on any atom is 0.314 e. The van der Waals surface area contributed by atoms with E-state index in [2.05, 4.69) is 0 Å². The van der Waals surface area contributed by atoms with Gasteiger partial charge in [0, 0.05) is 0 Å². The monoisotopic (exact) mass is 328 g/mol. The molecule has 0 unspecified atom stereocenters. The quantitative estimate of drug-likeness (QED) is 0.862. The molecule has 1 aromatic carbocycles. The first-order valence-electron chi connectivity index (χ1n) is 6.64. The zero-order valence-corrected chi connectivity index (χ0v) is 12.6. The van der Waals surface area contributed by atoms with Crippen LogP contribution in [0.2, 0.25) is 10.0 Å². The van der Waals surface area contributed by atoms with Crippen LogP contribution in [0.25, 0.3) is 0 Å². The van der Waals surface area contributed by atoms with E-state index < -0.39 is 11.4 Å². The molecule has 0 spiro atoms. The minimum atomic E-state index is -0.927. The molecule has 3 rings (SSSR count). The van der Waals surface area contributed by atoms with Crippen molar-refractivity contribution in [2.24, 2.45) is 5.92 Å². The maximum absolute atomic E-state index is 11.7. The van der Waals surface area contributed by atoms with Crippen LogP contribution < -0.4 is 0 Å². The first kappa shape index (κ1) is 14.9. The smallest absolute Gasteiger partial charge is 0.314 e. The third-order valence-corrected chi connectivity index (χ3v) is 4.72. The van der Waals surface area contributed by atoms with Gasteiger partial charge in [0.25, 0.3) is 0 Å². The number of halogens is 2. The molecule has 2 atom stereocenters. The van der Waals surface area contributed by atoms with Crippen LogP contribution in [0.3, 0.4) is 0 Å². The topological polar surface area (TPSA) is 55.8 Å². The number of benzene rings is 1. The summed E-state index contributed by atoms with van der Waals surface area (Å²) in [5, 5.41) is 10.4. The van der Waals surface area contributed by atoms with E-state index in [-0.39, 0.29) is 12.2 Å². The van der Waals surface area contributed by atoms with Crippen LogP contribution in [-0.4, -0.2) is 30.6 Å². The molecule has 0 aromatic heterocycles. The van der Waals surface area contributed by atoms with Crippen LogP contribution in [0, 0.1) is 5.92 Å². The van der Waals surface area contributed by atoms with Gasteiger partial charge in [0.1, 0.15) is 0 Å². The fourth-order valence-corrected chi connectivity index (χ4v) is 3.01. The molecule has 1 saturated heterocycles. The van der Waals surface area contributed by atoms with Gasteiger partial charge < -0.3 is 14.6 Å². The van der Waals surface area contributed by atoms with E-state index in [0.29, 0.717) is 35.2 Å². The first-order valence-corrected chi connectivity index (χ1v) is 7.40. The number of carbonyl (C=O) groups is 1. The summed E-state index contributed by atoms with van der Waals surface area (Å²) in [7, 11) is 0. The highest BCUT2D eigenvalue weighted by Crippen LogP contribution is 2.56. The highest BCUT2D eigenvalue weighted by Gasteiger charge is 2.60. The summed E-state index contributed by atoms with van der Waals surface area (Å²) >= 11 is 11.9. The summed E-state index contributed by atoms with van der Waals surface area (Å²) in [6.45, 7) is 1.13. The SMILES string of the molecule is O=C(O)[C@@]1(c2ccc(Cl)c(Cl)c2)C[C@H]1C=CC1OCCO1. The molecule has 2 aliphatic rings. The van der Waals surface area contributed by atoms with Crippen molar-refractivity contribution in [1.82, 2.24) is 0 Å². The van der Waals surface area contributed by atoms with Crippen molar-refractivity contribution in [3.05, 3.63) is 46.0 Å². The number of hydrogen-bond acceptors (Lipinski definition) is 3. The Morgan fingerprint density at radius 1 is 1.24 bits per heavy atom. The molecule has 1 N–H and O–H groups in total. The molecule has 21 heavy (non-hydrogen) atoms. The molecule has 1 heterocycles. The van der Waals surface area contributed by atoms with E-state index in [1.807, 2.05) is 6.08 Å². The molecule has 0 amide bonds. The van der Waals surface area contributed by atoms with Crippen LogP contribution >= 0.6 is 23.2 Å². The summed E-state index contributed by atoms with van der Waals surface area (Å²) < 4.78 is 10.6. The Morgan fingerprint density at radius 3 is 2.57 bits per heavy atom. The Morgan fingerprint density at radius 2 is 1.95 bits per heavy atom. The largest absolute Gasteiger partial charge is 0.481 e. The van der Waals surface area contributed by atoms with Gasteiger partial charge in [-0.1, -0.05) is 35.3 Å². The van der Waals surface area contributed by atoms with E-state index in [0.717, 1.165) is 0 Å². The number of aliphatic carboxylic acids is 1. The van der Waals surface area contributed by atoms with Crippen LogP contribution in [-0.2, 0) is 19.7 Å². The summed E-state index contributed by atoms with van der Waals surface area (Å²) in [4.78, 5) is 11.7. The molecule has 1 aliphatic heterocycles. The average Bonchev–Trinajstić information content (AvgIpc) is 2.96. The second-order valence-electron chi connectivity index (χ2n) is 5.21. The zero-order valence-electron chi connectivity index (χ0n) is 11.1. The van der Waals surface area contributed by atoms with Crippen molar-refractivity contribution in [3.8, 4) is 0 Å². The molecule has 4 nitrogen and oxygen atoms in total. The molecule has 6 heteroatoms. The third-order valence-electron chi connectivity index (χ3n) is 3.98. The Balaban J connectivity index is 1.82. The second kappa shape index (κ2) is 5.61. The molecular weight excluding hydrogens is 315 g/mol. The van der Waals surface area contributed by atoms with Gasteiger partial charge in [0.2, 0.25) is 0 Å². The van der Waals surface area contributed by atoms with E-state index in [4.69, 9.17) is 32.7 Å². The van der Waals surface area contributed by atoms with E-state index >= 15 is 0 Å². The van der Waals surface area contributed by atoms with Crippen molar-refractivity contribution in [1.29, 1.82) is 0 Å². The van der Waals surface area contributed by atoms with Crippen molar-refractivity contribution in [2.75, 3.05) is 13.2 Å². The van der Waals surface area contributed by atoms with Gasteiger partial charge >= 0.3 is 5.97 Å². The van der Waals surface area contributed by atoms with E-state index in [1.165, 1.54) is 0 Å². The molecule has 1 aromatic rings. The van der Waals surface area contributed by atoms with Gasteiger partial charge in [0.05, 0.1) is 28.7 Å².